The molecule has 0 saturated carbocycles. The van der Waals surface area contributed by atoms with E-state index < -0.39 is 0 Å². The first-order chi connectivity index (χ1) is 13.6. The van der Waals surface area contributed by atoms with Crippen molar-refractivity contribution in [3.8, 4) is 11.5 Å². The molecule has 0 aliphatic carbocycles. The number of hydrogen-bond acceptors (Lipinski definition) is 6. The number of hydrogen-bond donors (Lipinski definition) is 0. The molecular weight excluding hydrogens is 394 g/mol. The fraction of sp³-hybridized carbons (Fsp3) is 0.429. The zero-order chi connectivity index (χ0) is 20.1. The van der Waals surface area contributed by atoms with Crippen LogP contribution in [0.3, 0.4) is 0 Å². The minimum absolute atomic E-state index is 0.0347. The van der Waals surface area contributed by atoms with Crippen LogP contribution in [0.2, 0.25) is 0 Å². The Hall–Kier alpha value is -1.83. The summed E-state index contributed by atoms with van der Waals surface area (Å²) in [5, 5.41) is 1.88. The number of fused-ring (bicyclic) bond motifs is 1. The number of methoxy groups -OCH3 is 1. The van der Waals surface area contributed by atoms with Crippen LogP contribution >= 0.6 is 24.0 Å². The Morgan fingerprint density at radius 1 is 1.14 bits per heavy atom. The van der Waals surface area contributed by atoms with Crippen LogP contribution in [0.25, 0.3) is 10.8 Å². The highest BCUT2D eigenvalue weighted by molar-refractivity contribution is 8.24. The van der Waals surface area contributed by atoms with Crippen LogP contribution in [0.5, 0.6) is 11.5 Å². The molecule has 0 bridgehead atoms. The summed E-state index contributed by atoms with van der Waals surface area (Å²) in [5.74, 6) is 1.65. The molecule has 3 rings (SSSR count). The third-order valence-corrected chi connectivity index (χ3v) is 6.17. The number of carbonyl (C=O) groups excluding carboxylic acids is 1. The summed E-state index contributed by atoms with van der Waals surface area (Å²) in [6, 6.07) is 10.1. The molecule has 5 nitrogen and oxygen atoms in total. The van der Waals surface area contributed by atoms with Gasteiger partial charge in [-0.1, -0.05) is 36.1 Å². The Bertz CT molecular complexity index is 866. The van der Waals surface area contributed by atoms with Crippen LogP contribution in [0.15, 0.2) is 30.3 Å². The van der Waals surface area contributed by atoms with Gasteiger partial charge in [-0.15, -0.1) is 0 Å². The van der Waals surface area contributed by atoms with Crippen molar-refractivity contribution in [1.29, 1.82) is 0 Å². The SMILES string of the molecule is CCOc1ccc2ccc(OCC)c(C[C@@H]3SC(=S)N(CCOC)C3=O)c2c1. The van der Waals surface area contributed by atoms with E-state index in [4.69, 9.17) is 26.4 Å². The standard InChI is InChI=1S/C21H25NO4S2/c1-4-25-15-8-6-14-7-9-18(26-5-2)17(16(14)12-15)13-19-20(23)22(10-11-24-3)21(27)28-19/h6-9,12,19H,4-5,10-11,13H2,1-3H3/t19-/m0/s1. The summed E-state index contributed by atoms with van der Waals surface area (Å²) in [5.41, 5.74) is 1.02. The third kappa shape index (κ3) is 4.42. The van der Waals surface area contributed by atoms with Crippen LogP contribution < -0.4 is 9.47 Å². The van der Waals surface area contributed by atoms with Crippen molar-refractivity contribution in [3.63, 3.8) is 0 Å². The second-order valence-corrected chi connectivity index (χ2v) is 8.19. The lowest BCUT2D eigenvalue weighted by Gasteiger charge is -2.17. The smallest absolute Gasteiger partial charge is 0.242 e. The fourth-order valence-electron chi connectivity index (χ4n) is 3.30. The molecule has 0 unspecified atom stereocenters. The molecule has 1 atom stereocenters. The zero-order valence-electron chi connectivity index (χ0n) is 16.4. The van der Waals surface area contributed by atoms with Gasteiger partial charge in [0.2, 0.25) is 5.91 Å². The molecule has 1 amide bonds. The quantitative estimate of drug-likeness (QED) is 0.572. The lowest BCUT2D eigenvalue weighted by molar-refractivity contribution is -0.126. The minimum atomic E-state index is -0.259. The Morgan fingerprint density at radius 3 is 2.61 bits per heavy atom. The Kier molecular flexibility index (Phi) is 7.15. The van der Waals surface area contributed by atoms with Crippen molar-refractivity contribution in [3.05, 3.63) is 35.9 Å². The maximum Gasteiger partial charge on any atom is 0.242 e. The summed E-state index contributed by atoms with van der Waals surface area (Å²) in [6.45, 7) is 6.04. The molecule has 0 aromatic heterocycles. The van der Waals surface area contributed by atoms with Gasteiger partial charge in [-0.05, 0) is 49.2 Å². The first kappa shape index (κ1) is 20.9. The van der Waals surface area contributed by atoms with Crippen molar-refractivity contribution in [1.82, 2.24) is 4.90 Å². The minimum Gasteiger partial charge on any atom is -0.494 e. The summed E-state index contributed by atoms with van der Waals surface area (Å²) < 4.78 is 17.3. The van der Waals surface area contributed by atoms with Crippen LogP contribution in [0.1, 0.15) is 19.4 Å². The Morgan fingerprint density at radius 2 is 1.89 bits per heavy atom. The summed E-state index contributed by atoms with van der Waals surface area (Å²) in [4.78, 5) is 14.5. The van der Waals surface area contributed by atoms with Crippen LogP contribution in [0.4, 0.5) is 0 Å². The van der Waals surface area contributed by atoms with E-state index in [0.29, 0.717) is 37.1 Å². The molecule has 1 aliphatic rings. The molecule has 1 fully saturated rings. The highest BCUT2D eigenvalue weighted by Crippen LogP contribution is 2.36. The third-order valence-electron chi connectivity index (χ3n) is 4.59. The van der Waals surface area contributed by atoms with Gasteiger partial charge >= 0.3 is 0 Å². The molecule has 1 heterocycles. The number of thiocarbonyl (C=S) groups is 1. The van der Waals surface area contributed by atoms with Crippen molar-refractivity contribution >= 4 is 45.0 Å². The van der Waals surface area contributed by atoms with Gasteiger partial charge in [0.05, 0.1) is 31.6 Å². The van der Waals surface area contributed by atoms with E-state index in [1.165, 1.54) is 11.8 Å². The normalized spacial score (nSPS) is 16.8. The molecule has 28 heavy (non-hydrogen) atoms. The van der Waals surface area contributed by atoms with Crippen LogP contribution in [-0.2, 0) is 16.0 Å². The average molecular weight is 420 g/mol. The van der Waals surface area contributed by atoms with Gasteiger partial charge in [-0.2, -0.15) is 0 Å². The lowest BCUT2D eigenvalue weighted by atomic mass is 9.98. The second-order valence-electron chi connectivity index (χ2n) is 6.35. The molecular formula is C21H25NO4S2. The number of nitrogens with zero attached hydrogens (tertiary/aromatic N) is 1. The largest absolute Gasteiger partial charge is 0.494 e. The van der Waals surface area contributed by atoms with Gasteiger partial charge in [-0.3, -0.25) is 9.69 Å². The van der Waals surface area contributed by atoms with Crippen LogP contribution in [0, 0.1) is 0 Å². The predicted molar refractivity (Wildman–Crippen MR) is 118 cm³/mol. The monoisotopic (exact) mass is 419 g/mol. The average Bonchev–Trinajstić information content (AvgIpc) is 2.95. The summed E-state index contributed by atoms with van der Waals surface area (Å²) >= 11 is 6.86. The molecule has 0 spiro atoms. The van der Waals surface area contributed by atoms with E-state index in [2.05, 4.69) is 0 Å². The van der Waals surface area contributed by atoms with Crippen molar-refractivity contribution < 1.29 is 19.0 Å². The maximum atomic E-state index is 12.9. The van der Waals surface area contributed by atoms with Gasteiger partial charge in [0, 0.05) is 12.7 Å². The van der Waals surface area contributed by atoms with Gasteiger partial charge in [-0.25, -0.2) is 0 Å². The first-order valence-electron chi connectivity index (χ1n) is 9.41. The van der Waals surface area contributed by atoms with Crippen molar-refractivity contribution in [2.75, 3.05) is 33.5 Å². The van der Waals surface area contributed by atoms with Crippen molar-refractivity contribution in [2.45, 2.75) is 25.5 Å². The summed E-state index contributed by atoms with van der Waals surface area (Å²) in [7, 11) is 1.62. The number of rotatable bonds is 9. The van der Waals surface area contributed by atoms with E-state index in [0.717, 1.165) is 27.8 Å². The van der Waals surface area contributed by atoms with Gasteiger partial charge in [0.1, 0.15) is 15.8 Å². The molecule has 7 heteroatoms. The first-order valence-corrected chi connectivity index (χ1v) is 10.7. The topological polar surface area (TPSA) is 48.0 Å². The van der Waals surface area contributed by atoms with E-state index in [1.807, 2.05) is 44.2 Å². The molecule has 1 aliphatic heterocycles. The lowest BCUT2D eigenvalue weighted by Crippen LogP contribution is -2.34. The van der Waals surface area contributed by atoms with Crippen molar-refractivity contribution in [2.24, 2.45) is 0 Å². The fourth-order valence-corrected chi connectivity index (χ4v) is 4.86. The Balaban J connectivity index is 1.96. The molecule has 150 valence electrons. The predicted octanol–water partition coefficient (Wildman–Crippen LogP) is 4.06. The zero-order valence-corrected chi connectivity index (χ0v) is 18.0. The van der Waals surface area contributed by atoms with E-state index in [9.17, 15) is 4.79 Å². The number of ether oxygens (including phenoxy) is 3. The highest BCUT2D eigenvalue weighted by atomic mass is 32.2. The molecule has 2 aromatic rings. The number of amides is 1. The van der Waals surface area contributed by atoms with Gasteiger partial charge in [0.25, 0.3) is 0 Å². The molecule has 1 saturated heterocycles. The Labute approximate surface area is 175 Å². The maximum absolute atomic E-state index is 12.9. The molecule has 0 radical (unpaired) electrons. The van der Waals surface area contributed by atoms with Crippen LogP contribution in [-0.4, -0.2) is 53.9 Å². The van der Waals surface area contributed by atoms with Gasteiger partial charge in [0.15, 0.2) is 0 Å². The second kappa shape index (κ2) is 9.58. The summed E-state index contributed by atoms with van der Waals surface area (Å²) in [6.07, 6.45) is 0.551. The van der Waals surface area contributed by atoms with E-state index in [1.54, 1.807) is 12.0 Å². The van der Waals surface area contributed by atoms with Gasteiger partial charge < -0.3 is 14.2 Å². The van der Waals surface area contributed by atoms with E-state index in [-0.39, 0.29) is 11.2 Å². The van der Waals surface area contributed by atoms with E-state index >= 15 is 0 Å². The highest BCUT2D eigenvalue weighted by Gasteiger charge is 2.37. The molecule has 0 N–H and O–H groups in total. The number of thioether (sulfide) groups is 1. The number of benzene rings is 2. The number of carbonyl (C=O) groups is 1. The molecule has 2 aromatic carbocycles.